The zero-order valence-corrected chi connectivity index (χ0v) is 39.4. The summed E-state index contributed by atoms with van der Waals surface area (Å²) < 4.78 is 0. The molecule has 4 N–H and O–H groups in total. The number of benzene rings is 8. The Morgan fingerprint density at radius 1 is 0.433 bits per heavy atom. The van der Waals surface area contributed by atoms with Gasteiger partial charge in [-0.3, -0.25) is 9.59 Å². The number of carbonyl (C=O) groups is 2. The number of aromatic nitrogens is 2. The predicted molar refractivity (Wildman–Crippen MR) is 284 cm³/mol. The van der Waals surface area contributed by atoms with E-state index in [-0.39, 0.29) is 17.7 Å². The lowest BCUT2D eigenvalue weighted by atomic mass is 9.92. The Kier molecular flexibility index (Phi) is 12.5. The molecule has 2 aromatic heterocycles. The van der Waals surface area contributed by atoms with Crippen molar-refractivity contribution in [3.8, 4) is 0 Å². The summed E-state index contributed by atoms with van der Waals surface area (Å²) in [5.74, 6) is -0.329. The van der Waals surface area contributed by atoms with Crippen LogP contribution in [0, 0.1) is 13.8 Å². The summed E-state index contributed by atoms with van der Waals surface area (Å²) in [6.07, 6.45) is 0.821. The first kappa shape index (κ1) is 43.5. The molecular formula is C59H50N4O2P2. The fourth-order valence-corrected chi connectivity index (χ4v) is 14.0. The van der Waals surface area contributed by atoms with Gasteiger partial charge >= 0.3 is 0 Å². The SMILES string of the molecule is CCC(c1[nH]c2c(NC(=O)c3cccc(P(c4ccccc4)c4ccccc4)c3)cccc2c1C)c1[nH]c2c(NC(=O)c3cccc(P(c4ccccc4)c4ccccc4)c3)cccc2c1C. The van der Waals surface area contributed by atoms with Crippen molar-refractivity contribution in [2.75, 3.05) is 10.6 Å². The van der Waals surface area contributed by atoms with Gasteiger partial charge in [0.2, 0.25) is 0 Å². The molecule has 0 aliphatic carbocycles. The Hall–Kier alpha value is -7.36. The lowest BCUT2D eigenvalue weighted by Crippen LogP contribution is -2.22. The van der Waals surface area contributed by atoms with E-state index in [0.717, 1.165) is 72.7 Å². The second-order valence-corrected chi connectivity index (χ2v) is 21.2. The van der Waals surface area contributed by atoms with Crippen LogP contribution in [0.1, 0.15) is 62.5 Å². The lowest BCUT2D eigenvalue weighted by molar-refractivity contribution is 0.101. The Labute approximate surface area is 394 Å². The van der Waals surface area contributed by atoms with E-state index in [1.54, 1.807) is 0 Å². The normalized spacial score (nSPS) is 11.5. The molecule has 0 saturated heterocycles. The van der Waals surface area contributed by atoms with Crippen LogP contribution < -0.4 is 42.5 Å². The molecule has 10 aromatic rings. The van der Waals surface area contributed by atoms with Crippen LogP contribution in [-0.4, -0.2) is 21.8 Å². The number of aryl methyl sites for hydroxylation is 2. The molecule has 67 heavy (non-hydrogen) atoms. The van der Waals surface area contributed by atoms with Gasteiger partial charge in [0.25, 0.3) is 11.8 Å². The number of hydrogen-bond acceptors (Lipinski definition) is 2. The van der Waals surface area contributed by atoms with Crippen molar-refractivity contribution < 1.29 is 9.59 Å². The third-order valence-electron chi connectivity index (χ3n) is 12.7. The summed E-state index contributed by atoms with van der Waals surface area (Å²) >= 11 is 0. The lowest BCUT2D eigenvalue weighted by Gasteiger charge is -2.20. The van der Waals surface area contributed by atoms with E-state index in [2.05, 4.69) is 163 Å². The van der Waals surface area contributed by atoms with Crippen molar-refractivity contribution in [3.63, 3.8) is 0 Å². The van der Waals surface area contributed by atoms with E-state index < -0.39 is 15.8 Å². The minimum atomic E-state index is -0.863. The molecule has 0 bridgehead atoms. The summed E-state index contributed by atoms with van der Waals surface area (Å²) in [5.41, 5.74) is 8.89. The van der Waals surface area contributed by atoms with Gasteiger partial charge in [-0.2, -0.15) is 0 Å². The number of amides is 2. The molecule has 0 saturated carbocycles. The van der Waals surface area contributed by atoms with Crippen molar-refractivity contribution in [2.45, 2.75) is 33.1 Å². The summed E-state index contributed by atoms with van der Waals surface area (Å²) in [5, 5.41) is 15.8. The quantitative estimate of drug-likeness (QED) is 0.0868. The second kappa shape index (κ2) is 19.2. The Morgan fingerprint density at radius 3 is 1.10 bits per heavy atom. The van der Waals surface area contributed by atoms with Crippen LogP contribution in [0.3, 0.4) is 0 Å². The van der Waals surface area contributed by atoms with Gasteiger partial charge in [-0.15, -0.1) is 0 Å². The van der Waals surface area contributed by atoms with E-state index >= 15 is 0 Å². The van der Waals surface area contributed by atoms with Crippen LogP contribution in [0.25, 0.3) is 21.8 Å². The van der Waals surface area contributed by atoms with Crippen LogP contribution in [-0.2, 0) is 0 Å². The summed E-state index contributed by atoms with van der Waals surface area (Å²) in [6, 6.07) is 70.4. The molecule has 10 rings (SSSR count). The highest BCUT2D eigenvalue weighted by Gasteiger charge is 2.26. The minimum Gasteiger partial charge on any atom is -0.356 e. The topological polar surface area (TPSA) is 89.8 Å². The zero-order chi connectivity index (χ0) is 45.9. The molecule has 0 spiro atoms. The Bertz CT molecular complexity index is 3060. The van der Waals surface area contributed by atoms with E-state index in [0.29, 0.717) is 11.1 Å². The number of H-pyrrole nitrogens is 2. The van der Waals surface area contributed by atoms with Crippen LogP contribution in [0.5, 0.6) is 0 Å². The minimum absolute atomic E-state index is 0.00860. The largest absolute Gasteiger partial charge is 0.356 e. The van der Waals surface area contributed by atoms with Gasteiger partial charge in [-0.1, -0.05) is 177 Å². The van der Waals surface area contributed by atoms with Gasteiger partial charge in [0, 0.05) is 39.2 Å². The molecule has 8 heteroatoms. The predicted octanol–water partition coefficient (Wildman–Crippen LogP) is 11.8. The number of aromatic amines is 2. The smallest absolute Gasteiger partial charge is 0.255 e. The third kappa shape index (κ3) is 8.75. The molecule has 0 aliphatic heterocycles. The molecule has 0 aliphatic rings. The van der Waals surface area contributed by atoms with Gasteiger partial charge < -0.3 is 20.6 Å². The van der Waals surface area contributed by atoms with Crippen LogP contribution in [0.4, 0.5) is 11.4 Å². The highest BCUT2D eigenvalue weighted by Crippen LogP contribution is 2.40. The maximum absolute atomic E-state index is 14.2. The summed E-state index contributed by atoms with van der Waals surface area (Å²) in [6.45, 7) is 6.51. The second-order valence-electron chi connectivity index (χ2n) is 16.8. The molecule has 0 fully saturated rings. The average Bonchev–Trinajstić information content (AvgIpc) is 3.90. The van der Waals surface area contributed by atoms with Gasteiger partial charge in [0.15, 0.2) is 0 Å². The molecule has 0 radical (unpaired) electrons. The van der Waals surface area contributed by atoms with Gasteiger partial charge in [0.1, 0.15) is 0 Å². The van der Waals surface area contributed by atoms with E-state index in [1.807, 2.05) is 84.9 Å². The van der Waals surface area contributed by atoms with Crippen molar-refractivity contribution in [1.82, 2.24) is 9.97 Å². The standard InChI is InChI=1S/C59H50N4O2P2/c1-4-49(54-39(2)50-33-19-35-52(56(50)62-54)60-58(64)41-21-17-31-47(37-41)66(43-23-9-5-10-24-43)44-25-11-6-12-26-44)55-40(3)51-34-20-36-53(57(51)63-55)61-59(65)42-22-18-32-48(38-42)67(45-27-13-7-14-28-45)46-29-15-8-16-30-46/h5-38,49,62-63H,4H2,1-3H3,(H,60,64)(H,61,65). The highest BCUT2D eigenvalue weighted by atomic mass is 31.1. The van der Waals surface area contributed by atoms with Crippen molar-refractivity contribution >= 4 is 92.7 Å². The van der Waals surface area contributed by atoms with Gasteiger partial charge in [-0.05, 0) is 115 Å². The molecule has 2 amide bonds. The summed E-state index contributed by atoms with van der Waals surface area (Å²) in [7, 11) is -1.73. The number of nitrogens with one attached hydrogen (secondary N) is 4. The fourth-order valence-electron chi connectivity index (χ4n) is 9.37. The number of anilines is 2. The highest BCUT2D eigenvalue weighted by molar-refractivity contribution is 7.80. The number of rotatable bonds is 13. The van der Waals surface area contributed by atoms with Crippen LogP contribution in [0.15, 0.2) is 206 Å². The van der Waals surface area contributed by atoms with Gasteiger partial charge in [0.05, 0.1) is 22.4 Å². The third-order valence-corrected chi connectivity index (χ3v) is 17.5. The van der Waals surface area contributed by atoms with Crippen molar-refractivity contribution in [3.05, 3.63) is 240 Å². The monoisotopic (exact) mass is 908 g/mol. The molecule has 328 valence electrons. The van der Waals surface area contributed by atoms with Crippen molar-refractivity contribution in [1.29, 1.82) is 0 Å². The average molecular weight is 909 g/mol. The molecule has 0 atom stereocenters. The maximum Gasteiger partial charge on any atom is 0.255 e. The van der Waals surface area contributed by atoms with E-state index in [9.17, 15) is 9.59 Å². The first-order chi connectivity index (χ1) is 32.9. The van der Waals surface area contributed by atoms with Crippen LogP contribution in [0.2, 0.25) is 0 Å². The first-order valence-corrected chi connectivity index (χ1v) is 25.4. The number of para-hydroxylation sites is 2. The number of hydrogen-bond donors (Lipinski definition) is 4. The molecule has 2 heterocycles. The van der Waals surface area contributed by atoms with Crippen molar-refractivity contribution in [2.24, 2.45) is 0 Å². The molecule has 8 aromatic carbocycles. The molecular weight excluding hydrogens is 859 g/mol. The molecule has 0 unspecified atom stereocenters. The fraction of sp³-hybridized carbons (Fsp3) is 0.0847. The molecule has 6 nitrogen and oxygen atoms in total. The van der Waals surface area contributed by atoms with Gasteiger partial charge in [-0.25, -0.2) is 0 Å². The van der Waals surface area contributed by atoms with Crippen LogP contribution >= 0.6 is 15.8 Å². The Morgan fingerprint density at radius 2 is 0.761 bits per heavy atom. The number of carbonyl (C=O) groups excluding carboxylic acids is 2. The number of fused-ring (bicyclic) bond motifs is 2. The Balaban J connectivity index is 0.929. The summed E-state index contributed by atoms with van der Waals surface area (Å²) in [4.78, 5) is 35.9. The van der Waals surface area contributed by atoms with E-state index in [1.165, 1.54) is 21.2 Å². The maximum atomic E-state index is 14.2. The van der Waals surface area contributed by atoms with E-state index in [4.69, 9.17) is 0 Å². The zero-order valence-electron chi connectivity index (χ0n) is 37.6. The first-order valence-electron chi connectivity index (χ1n) is 22.7.